The zero-order valence-electron chi connectivity index (χ0n) is 19.0. The number of hydrogen-bond acceptors (Lipinski definition) is 5. The summed E-state index contributed by atoms with van der Waals surface area (Å²) in [4.78, 5) is 17.9. The molecule has 15 heteroatoms. The minimum Gasteiger partial charge on any atom is -0.506 e. The molecule has 1 aromatic carbocycles. The number of hydrogen-bond donors (Lipinski definition) is 3. The lowest BCUT2D eigenvalue weighted by Gasteiger charge is -2.30. The summed E-state index contributed by atoms with van der Waals surface area (Å²) >= 11 is 11.8. The molecule has 0 bridgehead atoms. The van der Waals surface area contributed by atoms with Crippen LogP contribution >= 0.6 is 23.2 Å². The van der Waals surface area contributed by atoms with E-state index in [1.165, 1.54) is 17.2 Å². The van der Waals surface area contributed by atoms with Gasteiger partial charge in [0.1, 0.15) is 10.9 Å². The van der Waals surface area contributed by atoms with Crippen LogP contribution in [0.5, 0.6) is 5.75 Å². The molecular weight excluding hydrogens is 556 g/mol. The number of anilines is 1. The third kappa shape index (κ3) is 6.09. The summed E-state index contributed by atoms with van der Waals surface area (Å²) < 4.78 is 92.5. The van der Waals surface area contributed by atoms with Gasteiger partial charge in [0.2, 0.25) is 0 Å². The van der Waals surface area contributed by atoms with E-state index in [2.05, 4.69) is 10.3 Å². The summed E-state index contributed by atoms with van der Waals surface area (Å²) in [6, 6.07) is 1.33. The molecule has 0 saturated carbocycles. The van der Waals surface area contributed by atoms with Gasteiger partial charge in [-0.25, -0.2) is 9.37 Å². The molecule has 1 aromatic heterocycles. The minimum absolute atomic E-state index is 0.00123. The molecule has 2 aromatic rings. The second kappa shape index (κ2) is 11.1. The lowest BCUT2D eigenvalue weighted by Crippen LogP contribution is -2.50. The Morgan fingerprint density at radius 3 is 2.22 bits per heavy atom. The third-order valence-electron chi connectivity index (χ3n) is 5.08. The molecule has 0 radical (unpaired) electrons. The lowest BCUT2D eigenvalue weighted by molar-refractivity contribution is -0.348. The normalized spacial score (nSPS) is 12.9. The van der Waals surface area contributed by atoms with E-state index in [9.17, 15) is 40.6 Å². The van der Waals surface area contributed by atoms with Crippen molar-refractivity contribution in [3.05, 3.63) is 57.5 Å². The van der Waals surface area contributed by atoms with Crippen LogP contribution in [-0.2, 0) is 5.67 Å². The third-order valence-corrected chi connectivity index (χ3v) is 5.68. The van der Waals surface area contributed by atoms with E-state index in [0.29, 0.717) is 13.0 Å². The number of nitrogens with zero attached hydrogens (tertiary/aromatic N) is 2. The number of nitrogens with one attached hydrogen (secondary N) is 2. The van der Waals surface area contributed by atoms with Gasteiger partial charge in [-0.1, -0.05) is 30.1 Å². The van der Waals surface area contributed by atoms with Crippen molar-refractivity contribution < 1.29 is 40.6 Å². The van der Waals surface area contributed by atoms with Gasteiger partial charge in [-0.15, -0.1) is 0 Å². The first kappa shape index (κ1) is 30.2. The van der Waals surface area contributed by atoms with E-state index in [-0.39, 0.29) is 34.0 Å². The van der Waals surface area contributed by atoms with Crippen molar-refractivity contribution in [2.45, 2.75) is 31.4 Å². The summed E-state index contributed by atoms with van der Waals surface area (Å²) in [7, 11) is 1.54. The molecular formula is C22H19Cl2F7N4O2. The van der Waals surface area contributed by atoms with Crippen LogP contribution in [-0.4, -0.2) is 53.1 Å². The maximum Gasteiger partial charge on any atom is 0.435 e. The number of benzene rings is 1. The number of phenols is 1. The van der Waals surface area contributed by atoms with Crippen LogP contribution in [0.25, 0.3) is 5.57 Å². The number of carbonyl (C=O) groups is 1. The van der Waals surface area contributed by atoms with E-state index in [1.807, 2.05) is 6.92 Å². The van der Waals surface area contributed by atoms with Gasteiger partial charge in [0.15, 0.2) is 0 Å². The van der Waals surface area contributed by atoms with Gasteiger partial charge in [0.25, 0.3) is 5.91 Å². The lowest BCUT2D eigenvalue weighted by atomic mass is 9.93. The van der Waals surface area contributed by atoms with Crippen molar-refractivity contribution in [2.75, 3.05) is 18.9 Å². The molecule has 202 valence electrons. The summed E-state index contributed by atoms with van der Waals surface area (Å²) in [5.41, 5.74) is -8.16. The quantitative estimate of drug-likeness (QED) is 0.137. The smallest absolute Gasteiger partial charge is 0.435 e. The Balaban J connectivity index is 2.49. The van der Waals surface area contributed by atoms with Crippen LogP contribution in [0.3, 0.4) is 0 Å². The average Bonchev–Trinajstić information content (AvgIpc) is 2.79. The second-order valence-corrected chi connectivity index (χ2v) is 8.45. The molecule has 0 unspecified atom stereocenters. The molecule has 3 N–H and O–H groups in total. The molecule has 0 saturated heterocycles. The van der Waals surface area contributed by atoms with Gasteiger partial charge in [0, 0.05) is 48.9 Å². The van der Waals surface area contributed by atoms with Crippen LogP contribution in [0.15, 0.2) is 30.6 Å². The first-order chi connectivity index (χ1) is 17.0. The molecule has 0 atom stereocenters. The van der Waals surface area contributed by atoms with Crippen LogP contribution < -0.4 is 5.32 Å². The first-order valence-corrected chi connectivity index (χ1v) is 11.0. The SMILES string of the molecule is CCCN(C)C(=O)c1cc(/C(C=N)=C/Nc2c(O)cc(C(F)(C(F)(F)F)C(F)(F)F)cc2Cl)cnc1Cl. The predicted molar refractivity (Wildman–Crippen MR) is 125 cm³/mol. The standard InChI is InChI=1S/C22H19Cl2F7N4O2/c1-3-4-35(2)19(37)14-5-11(9-34-18(14)24)12(8-32)10-33-17-15(23)6-13(7-16(17)36)20(25,21(26,27)28)22(29,30)31/h5-10,32-33,36H,3-4H2,1-2H3/b12-10+,32-8?. The van der Waals surface area contributed by atoms with E-state index in [4.69, 9.17) is 28.6 Å². The van der Waals surface area contributed by atoms with Gasteiger partial charge in [-0.05, 0) is 24.6 Å². The van der Waals surface area contributed by atoms with E-state index >= 15 is 0 Å². The number of halogens is 9. The molecule has 0 spiro atoms. The fourth-order valence-corrected chi connectivity index (χ4v) is 3.63. The van der Waals surface area contributed by atoms with E-state index in [0.717, 1.165) is 12.4 Å². The van der Waals surface area contributed by atoms with Crippen LogP contribution in [0.4, 0.5) is 36.4 Å². The highest BCUT2D eigenvalue weighted by atomic mass is 35.5. The molecule has 0 aliphatic carbocycles. The van der Waals surface area contributed by atoms with Gasteiger partial charge in [0.05, 0.1) is 16.3 Å². The van der Waals surface area contributed by atoms with Crippen molar-refractivity contribution in [1.29, 1.82) is 5.41 Å². The van der Waals surface area contributed by atoms with E-state index in [1.54, 1.807) is 7.05 Å². The van der Waals surface area contributed by atoms with Gasteiger partial charge in [-0.2, -0.15) is 26.3 Å². The summed E-state index contributed by atoms with van der Waals surface area (Å²) in [5, 5.41) is 19.1. The Kier molecular flexibility index (Phi) is 9.08. The topological polar surface area (TPSA) is 89.3 Å². The number of alkyl halides is 7. The molecule has 2 rings (SSSR count). The van der Waals surface area contributed by atoms with Crippen LogP contribution in [0, 0.1) is 5.41 Å². The van der Waals surface area contributed by atoms with Gasteiger partial charge < -0.3 is 20.7 Å². The Hall–Kier alpha value is -3.06. The fraction of sp³-hybridized carbons (Fsp3) is 0.318. The Labute approximate surface area is 216 Å². The van der Waals surface area contributed by atoms with Crippen LogP contribution in [0.1, 0.15) is 34.8 Å². The number of allylic oxidation sites excluding steroid dienone is 1. The number of aromatic nitrogens is 1. The van der Waals surface area contributed by atoms with Gasteiger partial charge >= 0.3 is 18.0 Å². The first-order valence-electron chi connectivity index (χ1n) is 10.2. The molecule has 0 aliphatic rings. The highest BCUT2D eigenvalue weighted by Gasteiger charge is 2.73. The van der Waals surface area contributed by atoms with Crippen molar-refractivity contribution in [3.8, 4) is 5.75 Å². The fourth-order valence-electron chi connectivity index (χ4n) is 3.18. The zero-order chi connectivity index (χ0) is 28.3. The van der Waals surface area contributed by atoms with E-state index < -0.39 is 46.0 Å². The zero-order valence-corrected chi connectivity index (χ0v) is 20.5. The Bertz CT molecular complexity index is 1180. The maximum atomic E-state index is 14.3. The summed E-state index contributed by atoms with van der Waals surface area (Å²) in [5.74, 6) is -1.69. The van der Waals surface area contributed by atoms with Crippen molar-refractivity contribution in [2.24, 2.45) is 0 Å². The van der Waals surface area contributed by atoms with Gasteiger partial charge in [-0.3, -0.25) is 4.79 Å². The highest BCUT2D eigenvalue weighted by molar-refractivity contribution is 6.34. The summed E-state index contributed by atoms with van der Waals surface area (Å²) in [6.45, 7) is 2.28. The maximum absolute atomic E-state index is 14.3. The number of phenolic OH excluding ortho intramolecular Hbond substituents is 1. The number of carbonyl (C=O) groups excluding carboxylic acids is 1. The van der Waals surface area contributed by atoms with Crippen LogP contribution in [0.2, 0.25) is 10.2 Å². The molecule has 1 amide bonds. The minimum atomic E-state index is -6.40. The molecule has 37 heavy (non-hydrogen) atoms. The Morgan fingerprint density at radius 1 is 1.14 bits per heavy atom. The molecule has 6 nitrogen and oxygen atoms in total. The molecule has 0 aliphatic heterocycles. The largest absolute Gasteiger partial charge is 0.506 e. The molecule has 1 heterocycles. The number of amides is 1. The molecule has 0 fully saturated rings. The van der Waals surface area contributed by atoms with Crippen molar-refractivity contribution in [3.63, 3.8) is 0 Å². The van der Waals surface area contributed by atoms with Crippen molar-refractivity contribution >= 4 is 46.6 Å². The average molecular weight is 575 g/mol. The summed E-state index contributed by atoms with van der Waals surface area (Å²) in [6.07, 6.45) is -9.14. The van der Waals surface area contributed by atoms with Crippen molar-refractivity contribution in [1.82, 2.24) is 9.88 Å². The number of rotatable bonds is 8. The second-order valence-electron chi connectivity index (χ2n) is 7.68. The monoisotopic (exact) mass is 574 g/mol. The highest BCUT2D eigenvalue weighted by Crippen LogP contribution is 2.54. The number of pyridine rings is 1. The Morgan fingerprint density at radius 2 is 1.73 bits per heavy atom. The number of aromatic hydroxyl groups is 1. The predicted octanol–water partition coefficient (Wildman–Crippen LogP) is 6.97.